The van der Waals surface area contributed by atoms with Gasteiger partial charge in [0.25, 0.3) is 0 Å². The van der Waals surface area contributed by atoms with Crippen molar-refractivity contribution in [1.29, 1.82) is 0 Å². The van der Waals surface area contributed by atoms with Crippen molar-refractivity contribution in [3.63, 3.8) is 0 Å². The van der Waals surface area contributed by atoms with Crippen molar-refractivity contribution in [2.75, 3.05) is 6.54 Å². The number of nitrogens with one attached hydrogen (secondary N) is 2. The van der Waals surface area contributed by atoms with E-state index in [2.05, 4.69) is 20.4 Å². The third kappa shape index (κ3) is 3.51. The van der Waals surface area contributed by atoms with Crippen LogP contribution in [0.2, 0.25) is 0 Å². The molecule has 0 saturated carbocycles. The smallest absolute Gasteiger partial charge is 0.358 e. The van der Waals surface area contributed by atoms with Crippen LogP contribution in [0.1, 0.15) is 5.82 Å². The van der Waals surface area contributed by atoms with Crippen LogP contribution in [0.25, 0.3) is 11.0 Å². The number of aromatic amines is 1. The molecule has 0 fully saturated rings. The molecule has 0 aliphatic carbocycles. The van der Waals surface area contributed by atoms with Gasteiger partial charge in [0.1, 0.15) is 12.4 Å². The van der Waals surface area contributed by atoms with Crippen molar-refractivity contribution >= 4 is 22.8 Å². The van der Waals surface area contributed by atoms with Crippen LogP contribution >= 0.6 is 0 Å². The maximum absolute atomic E-state index is 11.8. The fraction of sp³-hybridized carbons (Fsp3) is 0.214. The Morgan fingerprint density at radius 3 is 2.91 bits per heavy atom. The first kappa shape index (κ1) is 14.7. The van der Waals surface area contributed by atoms with E-state index in [9.17, 15) is 14.9 Å². The van der Waals surface area contributed by atoms with E-state index < -0.39 is 4.92 Å². The molecule has 0 radical (unpaired) electrons. The summed E-state index contributed by atoms with van der Waals surface area (Å²) in [6.07, 6.45) is 1.97. The predicted octanol–water partition coefficient (Wildman–Crippen LogP) is 1.03. The Bertz CT molecular complexity index is 820. The SMILES string of the molecule is O=C(Cn1ccc([N+](=O)[O-])n1)NCCc1nc2ccccc2[nH]1. The molecule has 0 spiro atoms. The number of carbonyl (C=O) groups is 1. The molecule has 0 unspecified atom stereocenters. The molecule has 0 atom stereocenters. The minimum Gasteiger partial charge on any atom is -0.358 e. The Morgan fingerprint density at radius 2 is 2.17 bits per heavy atom. The second kappa shape index (κ2) is 6.26. The summed E-state index contributed by atoms with van der Waals surface area (Å²) in [5.74, 6) is 0.250. The molecule has 3 rings (SSSR count). The summed E-state index contributed by atoms with van der Waals surface area (Å²) in [5, 5.41) is 16.9. The summed E-state index contributed by atoms with van der Waals surface area (Å²) < 4.78 is 1.23. The number of H-pyrrole nitrogens is 1. The lowest BCUT2D eigenvalue weighted by molar-refractivity contribution is -0.389. The maximum Gasteiger partial charge on any atom is 0.389 e. The lowest BCUT2D eigenvalue weighted by atomic mass is 10.3. The van der Waals surface area contributed by atoms with Crippen molar-refractivity contribution in [1.82, 2.24) is 25.1 Å². The number of benzene rings is 1. The lowest BCUT2D eigenvalue weighted by Gasteiger charge is -2.02. The number of hydrogen-bond donors (Lipinski definition) is 2. The minimum atomic E-state index is -0.601. The Morgan fingerprint density at radius 1 is 1.35 bits per heavy atom. The second-order valence-electron chi connectivity index (χ2n) is 4.93. The second-order valence-corrected chi connectivity index (χ2v) is 4.93. The van der Waals surface area contributed by atoms with Gasteiger partial charge in [0.2, 0.25) is 5.91 Å². The highest BCUT2D eigenvalue weighted by Crippen LogP contribution is 2.10. The molecular formula is C14H14N6O3. The van der Waals surface area contributed by atoms with Gasteiger partial charge in [-0.3, -0.25) is 4.79 Å². The first-order chi connectivity index (χ1) is 11.1. The van der Waals surface area contributed by atoms with Gasteiger partial charge in [0, 0.05) is 13.0 Å². The summed E-state index contributed by atoms with van der Waals surface area (Å²) in [6.45, 7) is 0.357. The molecule has 0 saturated heterocycles. The number of fused-ring (bicyclic) bond motifs is 1. The van der Waals surface area contributed by atoms with Crippen LogP contribution in [0.3, 0.4) is 0 Å². The van der Waals surface area contributed by atoms with Crippen LogP contribution in [-0.4, -0.2) is 37.1 Å². The number of amides is 1. The molecule has 1 amide bonds. The van der Waals surface area contributed by atoms with Gasteiger partial charge in [-0.05, 0) is 17.1 Å². The number of para-hydroxylation sites is 2. The topological polar surface area (TPSA) is 119 Å². The Balaban J connectivity index is 1.49. The van der Waals surface area contributed by atoms with Gasteiger partial charge in [-0.25, -0.2) is 4.98 Å². The number of aromatic nitrogens is 4. The maximum atomic E-state index is 11.8. The molecule has 9 nitrogen and oxygen atoms in total. The van der Waals surface area contributed by atoms with Crippen molar-refractivity contribution in [2.24, 2.45) is 0 Å². The normalized spacial score (nSPS) is 10.8. The predicted molar refractivity (Wildman–Crippen MR) is 81.7 cm³/mol. The summed E-state index contributed by atoms with van der Waals surface area (Å²) in [7, 11) is 0. The highest BCUT2D eigenvalue weighted by atomic mass is 16.6. The minimum absolute atomic E-state index is 0.0615. The monoisotopic (exact) mass is 314 g/mol. The third-order valence-electron chi connectivity index (χ3n) is 3.24. The van der Waals surface area contributed by atoms with E-state index in [1.165, 1.54) is 16.9 Å². The third-order valence-corrected chi connectivity index (χ3v) is 3.24. The molecule has 2 N–H and O–H groups in total. The molecular weight excluding hydrogens is 300 g/mol. The van der Waals surface area contributed by atoms with Crippen molar-refractivity contribution in [3.05, 3.63) is 52.5 Å². The van der Waals surface area contributed by atoms with Crippen LogP contribution in [0.4, 0.5) is 5.82 Å². The molecule has 9 heteroatoms. The van der Waals surface area contributed by atoms with E-state index >= 15 is 0 Å². The van der Waals surface area contributed by atoms with Gasteiger partial charge >= 0.3 is 5.82 Å². The first-order valence-electron chi connectivity index (χ1n) is 7.00. The van der Waals surface area contributed by atoms with Crippen LogP contribution in [0, 0.1) is 10.1 Å². The molecule has 0 aliphatic rings. The number of hydrogen-bond acceptors (Lipinski definition) is 5. The molecule has 23 heavy (non-hydrogen) atoms. The van der Waals surface area contributed by atoms with Crippen LogP contribution in [0.15, 0.2) is 36.5 Å². The van der Waals surface area contributed by atoms with Crippen LogP contribution < -0.4 is 5.32 Å². The fourth-order valence-electron chi connectivity index (χ4n) is 2.18. The Labute approximate surface area is 130 Å². The first-order valence-corrected chi connectivity index (χ1v) is 7.00. The molecule has 0 aliphatic heterocycles. The van der Waals surface area contributed by atoms with Crippen LogP contribution in [0.5, 0.6) is 0 Å². The summed E-state index contributed by atoms with van der Waals surface area (Å²) in [5.41, 5.74) is 1.84. The van der Waals surface area contributed by atoms with E-state index in [1.54, 1.807) is 0 Å². The van der Waals surface area contributed by atoms with Crippen molar-refractivity contribution in [2.45, 2.75) is 13.0 Å². The van der Waals surface area contributed by atoms with Gasteiger partial charge in [-0.15, -0.1) is 0 Å². The zero-order valence-corrected chi connectivity index (χ0v) is 12.1. The number of carbonyl (C=O) groups excluding carboxylic acids is 1. The Hall–Kier alpha value is -3.23. The molecule has 3 aromatic rings. The molecule has 118 valence electrons. The lowest BCUT2D eigenvalue weighted by Crippen LogP contribution is -2.29. The van der Waals surface area contributed by atoms with Crippen LogP contribution in [-0.2, 0) is 17.8 Å². The number of nitro groups is 1. The standard InChI is InChI=1S/C14H14N6O3/c21-14(9-19-8-6-13(18-19)20(22)23)15-7-5-12-16-10-3-1-2-4-11(10)17-12/h1-4,6,8H,5,7,9H2,(H,15,21)(H,16,17). The fourth-order valence-corrected chi connectivity index (χ4v) is 2.18. The van der Waals surface area contributed by atoms with Gasteiger partial charge in [-0.2, -0.15) is 4.68 Å². The van der Waals surface area contributed by atoms with E-state index in [0.29, 0.717) is 13.0 Å². The van der Waals surface area contributed by atoms with E-state index in [-0.39, 0.29) is 18.3 Å². The Kier molecular flexibility index (Phi) is 4.00. The van der Waals surface area contributed by atoms with E-state index in [0.717, 1.165) is 16.9 Å². The summed E-state index contributed by atoms with van der Waals surface area (Å²) in [4.78, 5) is 29.3. The highest BCUT2D eigenvalue weighted by Gasteiger charge is 2.13. The molecule has 1 aromatic carbocycles. The summed E-state index contributed by atoms with van der Waals surface area (Å²) >= 11 is 0. The summed E-state index contributed by atoms with van der Waals surface area (Å²) in [6, 6.07) is 8.95. The zero-order chi connectivity index (χ0) is 16.2. The van der Waals surface area contributed by atoms with Gasteiger partial charge in [-0.1, -0.05) is 12.1 Å². The van der Waals surface area contributed by atoms with Gasteiger partial charge < -0.3 is 20.4 Å². The number of imidazole rings is 1. The molecule has 2 heterocycles. The van der Waals surface area contributed by atoms with E-state index in [4.69, 9.17) is 0 Å². The highest BCUT2D eigenvalue weighted by molar-refractivity contribution is 5.76. The molecule has 2 aromatic heterocycles. The zero-order valence-electron chi connectivity index (χ0n) is 12.1. The van der Waals surface area contributed by atoms with Crippen molar-refractivity contribution in [3.8, 4) is 0 Å². The average molecular weight is 314 g/mol. The quantitative estimate of drug-likeness (QED) is 0.520. The number of nitrogens with zero attached hydrogens (tertiary/aromatic N) is 4. The molecule has 0 bridgehead atoms. The average Bonchev–Trinajstić information content (AvgIpc) is 3.13. The van der Waals surface area contributed by atoms with Gasteiger partial charge in [0.05, 0.1) is 28.4 Å². The van der Waals surface area contributed by atoms with Crippen molar-refractivity contribution < 1.29 is 9.72 Å². The largest absolute Gasteiger partial charge is 0.389 e. The van der Waals surface area contributed by atoms with E-state index in [1.807, 2.05) is 24.3 Å². The van der Waals surface area contributed by atoms with Gasteiger partial charge in [0.15, 0.2) is 0 Å². The number of rotatable bonds is 6.